The SMILES string of the molecule is CC1(C)O[C@H]2[C@H]([C@@H](O)CO)C=C[C@H]2O1. The van der Waals surface area contributed by atoms with Crippen molar-refractivity contribution in [3.05, 3.63) is 12.2 Å². The maximum atomic E-state index is 9.54. The lowest BCUT2D eigenvalue weighted by atomic mass is 9.99. The summed E-state index contributed by atoms with van der Waals surface area (Å²) < 4.78 is 11.2. The minimum absolute atomic E-state index is 0.0869. The molecule has 80 valence electrons. The predicted molar refractivity (Wildman–Crippen MR) is 49.5 cm³/mol. The van der Waals surface area contributed by atoms with Gasteiger partial charge in [-0.15, -0.1) is 0 Å². The lowest BCUT2D eigenvalue weighted by Crippen LogP contribution is -2.35. The molecule has 0 aromatic carbocycles. The van der Waals surface area contributed by atoms with Crippen molar-refractivity contribution in [2.45, 2.75) is 37.9 Å². The van der Waals surface area contributed by atoms with Gasteiger partial charge >= 0.3 is 0 Å². The molecule has 0 aromatic heterocycles. The molecule has 1 heterocycles. The summed E-state index contributed by atoms with van der Waals surface area (Å²) in [6.45, 7) is 3.45. The quantitative estimate of drug-likeness (QED) is 0.618. The van der Waals surface area contributed by atoms with E-state index in [1.807, 2.05) is 26.0 Å². The van der Waals surface area contributed by atoms with E-state index in [0.29, 0.717) is 0 Å². The van der Waals surface area contributed by atoms with E-state index in [1.54, 1.807) is 0 Å². The number of hydrogen-bond acceptors (Lipinski definition) is 4. The Bertz CT molecular complexity index is 249. The lowest BCUT2D eigenvalue weighted by molar-refractivity contribution is -0.152. The highest BCUT2D eigenvalue weighted by atomic mass is 16.8. The van der Waals surface area contributed by atoms with Crippen LogP contribution in [-0.4, -0.2) is 40.9 Å². The molecule has 0 radical (unpaired) electrons. The minimum atomic E-state index is -0.765. The molecule has 0 spiro atoms. The van der Waals surface area contributed by atoms with Crippen LogP contribution >= 0.6 is 0 Å². The topological polar surface area (TPSA) is 58.9 Å². The van der Waals surface area contributed by atoms with Crippen LogP contribution in [0.1, 0.15) is 13.8 Å². The van der Waals surface area contributed by atoms with Crippen LogP contribution in [-0.2, 0) is 9.47 Å². The van der Waals surface area contributed by atoms with E-state index in [1.165, 1.54) is 0 Å². The Morgan fingerprint density at radius 1 is 1.36 bits per heavy atom. The van der Waals surface area contributed by atoms with Gasteiger partial charge in [0.15, 0.2) is 5.79 Å². The predicted octanol–water partition coefficient (Wildman–Crippen LogP) is 0.0457. The maximum absolute atomic E-state index is 9.54. The number of aliphatic hydroxyl groups is 2. The van der Waals surface area contributed by atoms with Gasteiger partial charge in [0.2, 0.25) is 0 Å². The molecule has 2 aliphatic rings. The molecule has 2 N–H and O–H groups in total. The van der Waals surface area contributed by atoms with E-state index in [2.05, 4.69) is 0 Å². The second-order valence-corrected chi connectivity index (χ2v) is 4.28. The van der Waals surface area contributed by atoms with Crippen LogP contribution in [0, 0.1) is 5.92 Å². The first-order valence-corrected chi connectivity index (χ1v) is 4.86. The second-order valence-electron chi connectivity index (χ2n) is 4.28. The summed E-state index contributed by atoms with van der Waals surface area (Å²) in [5.74, 6) is -0.750. The highest BCUT2D eigenvalue weighted by molar-refractivity contribution is 5.14. The third kappa shape index (κ3) is 1.59. The fraction of sp³-hybridized carbons (Fsp3) is 0.800. The van der Waals surface area contributed by atoms with Gasteiger partial charge in [0.25, 0.3) is 0 Å². The minimum Gasteiger partial charge on any atom is -0.394 e. The van der Waals surface area contributed by atoms with E-state index in [-0.39, 0.29) is 24.7 Å². The van der Waals surface area contributed by atoms with Gasteiger partial charge < -0.3 is 19.7 Å². The summed E-state index contributed by atoms with van der Waals surface area (Å²) in [7, 11) is 0. The standard InChI is InChI=1S/C10H16O4/c1-10(2)13-8-4-3-6(7(12)5-11)9(8)14-10/h3-4,6-9,11-12H,5H2,1-2H3/t6-,7-,8+,9-/m0/s1. The smallest absolute Gasteiger partial charge is 0.164 e. The highest BCUT2D eigenvalue weighted by Crippen LogP contribution is 2.38. The Balaban J connectivity index is 2.09. The number of aliphatic hydroxyl groups excluding tert-OH is 2. The first kappa shape index (κ1) is 10.1. The van der Waals surface area contributed by atoms with Gasteiger partial charge in [0.1, 0.15) is 6.10 Å². The molecule has 1 fully saturated rings. The number of ether oxygens (including phenoxy) is 2. The molecular weight excluding hydrogens is 184 g/mol. The number of hydrogen-bond donors (Lipinski definition) is 2. The molecule has 14 heavy (non-hydrogen) atoms. The van der Waals surface area contributed by atoms with Crippen LogP contribution in [0.5, 0.6) is 0 Å². The Morgan fingerprint density at radius 3 is 2.71 bits per heavy atom. The van der Waals surface area contributed by atoms with Crippen LogP contribution in [0.15, 0.2) is 12.2 Å². The molecule has 1 aliphatic carbocycles. The summed E-state index contributed by atoms with van der Waals surface area (Å²) in [5.41, 5.74) is 0. The normalized spacial score (nSPS) is 41.3. The molecule has 0 aromatic rings. The molecule has 0 bridgehead atoms. The van der Waals surface area contributed by atoms with Crippen molar-refractivity contribution in [2.24, 2.45) is 5.92 Å². The van der Waals surface area contributed by atoms with Gasteiger partial charge in [-0.2, -0.15) is 0 Å². The third-order valence-corrected chi connectivity index (χ3v) is 2.70. The van der Waals surface area contributed by atoms with Crippen LogP contribution in [0.2, 0.25) is 0 Å². The largest absolute Gasteiger partial charge is 0.394 e. The van der Waals surface area contributed by atoms with E-state index >= 15 is 0 Å². The molecule has 2 rings (SSSR count). The van der Waals surface area contributed by atoms with Gasteiger partial charge in [-0.05, 0) is 13.8 Å². The highest BCUT2D eigenvalue weighted by Gasteiger charge is 2.47. The van der Waals surface area contributed by atoms with Gasteiger partial charge in [0, 0.05) is 5.92 Å². The zero-order valence-electron chi connectivity index (χ0n) is 8.38. The lowest BCUT2D eigenvalue weighted by Gasteiger charge is -2.23. The molecule has 4 atom stereocenters. The summed E-state index contributed by atoms with van der Waals surface area (Å²) in [5, 5.41) is 18.4. The van der Waals surface area contributed by atoms with Crippen molar-refractivity contribution in [3.8, 4) is 0 Å². The number of rotatable bonds is 2. The molecule has 0 unspecified atom stereocenters. The van der Waals surface area contributed by atoms with Gasteiger partial charge in [-0.1, -0.05) is 12.2 Å². The van der Waals surface area contributed by atoms with Crippen molar-refractivity contribution in [3.63, 3.8) is 0 Å². The summed E-state index contributed by atoms with van der Waals surface area (Å²) in [6.07, 6.45) is 2.73. The Labute approximate surface area is 83.1 Å². The average Bonchev–Trinajstić information content (AvgIpc) is 2.58. The van der Waals surface area contributed by atoms with Crippen molar-refractivity contribution >= 4 is 0 Å². The molecule has 1 saturated heterocycles. The van der Waals surface area contributed by atoms with E-state index < -0.39 is 11.9 Å². The van der Waals surface area contributed by atoms with E-state index in [9.17, 15) is 5.11 Å². The molecule has 0 amide bonds. The molecule has 4 heteroatoms. The van der Waals surface area contributed by atoms with Crippen molar-refractivity contribution in [1.82, 2.24) is 0 Å². The molecule has 4 nitrogen and oxygen atoms in total. The first-order chi connectivity index (χ1) is 6.53. The van der Waals surface area contributed by atoms with E-state index in [4.69, 9.17) is 14.6 Å². The summed E-state index contributed by atoms with van der Waals surface area (Å²) in [6, 6.07) is 0. The van der Waals surface area contributed by atoms with Crippen molar-refractivity contribution in [2.75, 3.05) is 6.61 Å². The Hall–Kier alpha value is -0.420. The third-order valence-electron chi connectivity index (χ3n) is 2.70. The zero-order chi connectivity index (χ0) is 10.3. The van der Waals surface area contributed by atoms with Crippen molar-refractivity contribution < 1.29 is 19.7 Å². The van der Waals surface area contributed by atoms with Crippen LogP contribution in [0.4, 0.5) is 0 Å². The fourth-order valence-corrected chi connectivity index (χ4v) is 2.08. The second kappa shape index (κ2) is 3.31. The van der Waals surface area contributed by atoms with Crippen LogP contribution in [0.25, 0.3) is 0 Å². The van der Waals surface area contributed by atoms with Crippen LogP contribution in [0.3, 0.4) is 0 Å². The summed E-state index contributed by atoms with van der Waals surface area (Å²) in [4.78, 5) is 0. The average molecular weight is 200 g/mol. The monoisotopic (exact) mass is 200 g/mol. The zero-order valence-corrected chi connectivity index (χ0v) is 8.38. The number of fused-ring (bicyclic) bond motifs is 1. The molecular formula is C10H16O4. The fourth-order valence-electron chi connectivity index (χ4n) is 2.08. The summed E-state index contributed by atoms with van der Waals surface area (Å²) >= 11 is 0. The molecule has 1 aliphatic heterocycles. The Kier molecular flexibility index (Phi) is 2.39. The maximum Gasteiger partial charge on any atom is 0.164 e. The van der Waals surface area contributed by atoms with Gasteiger partial charge in [0.05, 0.1) is 18.8 Å². The Morgan fingerprint density at radius 2 is 2.07 bits per heavy atom. The molecule has 0 saturated carbocycles. The first-order valence-electron chi connectivity index (χ1n) is 4.86. The van der Waals surface area contributed by atoms with Crippen molar-refractivity contribution in [1.29, 1.82) is 0 Å². The van der Waals surface area contributed by atoms with Gasteiger partial charge in [-0.25, -0.2) is 0 Å². The van der Waals surface area contributed by atoms with E-state index in [0.717, 1.165) is 0 Å². The van der Waals surface area contributed by atoms with Crippen LogP contribution < -0.4 is 0 Å². The van der Waals surface area contributed by atoms with Gasteiger partial charge in [-0.3, -0.25) is 0 Å².